The summed E-state index contributed by atoms with van der Waals surface area (Å²) in [5.41, 5.74) is 2.45. The van der Waals surface area contributed by atoms with Gasteiger partial charge in [-0.15, -0.1) is 5.10 Å². The van der Waals surface area contributed by atoms with Gasteiger partial charge in [0.25, 0.3) is 0 Å². The fourth-order valence-corrected chi connectivity index (χ4v) is 1.96. The van der Waals surface area contributed by atoms with Crippen LogP contribution in [0.25, 0.3) is 0 Å². The van der Waals surface area contributed by atoms with Gasteiger partial charge in [0.05, 0.1) is 6.20 Å². The van der Waals surface area contributed by atoms with Gasteiger partial charge in [-0.05, 0) is 39.5 Å². The lowest BCUT2D eigenvalue weighted by Gasteiger charge is -2.10. The van der Waals surface area contributed by atoms with E-state index in [9.17, 15) is 0 Å². The number of nitrogens with zero attached hydrogens (tertiary/aromatic N) is 4. The number of hydrogen-bond acceptors (Lipinski definition) is 6. The van der Waals surface area contributed by atoms with E-state index in [1.165, 1.54) is 11.1 Å². The zero-order valence-electron chi connectivity index (χ0n) is 13.5. The first-order valence-corrected chi connectivity index (χ1v) is 7.51. The Bertz CT molecular complexity index is 567. The van der Waals surface area contributed by atoms with Gasteiger partial charge in [0.1, 0.15) is 0 Å². The second-order valence-electron chi connectivity index (χ2n) is 5.59. The molecule has 0 saturated carbocycles. The first kappa shape index (κ1) is 16.2. The first-order valence-electron chi connectivity index (χ1n) is 7.51. The molecule has 0 aliphatic carbocycles. The van der Waals surface area contributed by atoms with Gasteiger partial charge >= 0.3 is 0 Å². The normalized spacial score (nSPS) is 10.7. The molecule has 1 heterocycles. The third kappa shape index (κ3) is 5.65. The maximum Gasteiger partial charge on any atom is 0.244 e. The minimum atomic E-state index is 0.540. The Morgan fingerprint density at radius 2 is 1.86 bits per heavy atom. The molecule has 0 unspecified atom stereocenters. The van der Waals surface area contributed by atoms with Crippen LogP contribution in [0, 0.1) is 6.92 Å². The van der Waals surface area contributed by atoms with E-state index in [0.717, 1.165) is 25.3 Å². The Morgan fingerprint density at radius 3 is 2.59 bits per heavy atom. The van der Waals surface area contributed by atoms with Crippen LogP contribution in [-0.2, 0) is 6.54 Å². The highest BCUT2D eigenvalue weighted by molar-refractivity contribution is 5.37. The number of benzene rings is 1. The molecule has 6 nitrogen and oxygen atoms in total. The zero-order chi connectivity index (χ0) is 15.8. The number of aromatic nitrogens is 3. The van der Waals surface area contributed by atoms with Gasteiger partial charge in [-0.25, -0.2) is 0 Å². The lowest BCUT2D eigenvalue weighted by molar-refractivity contribution is 0.405. The molecule has 0 amide bonds. The van der Waals surface area contributed by atoms with Crippen molar-refractivity contribution in [2.75, 3.05) is 37.8 Å². The van der Waals surface area contributed by atoms with E-state index < -0.39 is 0 Å². The summed E-state index contributed by atoms with van der Waals surface area (Å²) < 4.78 is 0. The van der Waals surface area contributed by atoms with Crippen molar-refractivity contribution in [1.82, 2.24) is 20.1 Å². The fraction of sp³-hybridized carbons (Fsp3) is 0.438. The molecule has 0 aliphatic heterocycles. The predicted molar refractivity (Wildman–Crippen MR) is 90.0 cm³/mol. The fourth-order valence-electron chi connectivity index (χ4n) is 1.96. The summed E-state index contributed by atoms with van der Waals surface area (Å²) in [6.07, 6.45) is 2.70. The molecule has 0 saturated heterocycles. The smallest absolute Gasteiger partial charge is 0.244 e. The molecule has 0 fully saturated rings. The van der Waals surface area contributed by atoms with E-state index >= 15 is 0 Å². The van der Waals surface area contributed by atoms with Crippen LogP contribution < -0.4 is 10.6 Å². The zero-order valence-corrected chi connectivity index (χ0v) is 13.5. The summed E-state index contributed by atoms with van der Waals surface area (Å²) in [6.45, 7) is 4.68. The molecule has 0 atom stereocenters. The summed E-state index contributed by atoms with van der Waals surface area (Å²) in [5.74, 6) is 1.29. The molecule has 2 rings (SSSR count). The van der Waals surface area contributed by atoms with Crippen molar-refractivity contribution in [2.24, 2.45) is 0 Å². The van der Waals surface area contributed by atoms with Crippen LogP contribution in [0.2, 0.25) is 0 Å². The topological polar surface area (TPSA) is 66.0 Å². The SMILES string of the molecule is Cc1ccc(CNc2nncc(NCCCN(C)C)n2)cc1. The summed E-state index contributed by atoms with van der Waals surface area (Å²) >= 11 is 0. The van der Waals surface area contributed by atoms with Crippen molar-refractivity contribution in [3.8, 4) is 0 Å². The third-order valence-corrected chi connectivity index (χ3v) is 3.22. The maximum atomic E-state index is 4.41. The van der Waals surface area contributed by atoms with E-state index in [1.807, 2.05) is 0 Å². The molecule has 0 spiro atoms. The third-order valence-electron chi connectivity index (χ3n) is 3.22. The lowest BCUT2D eigenvalue weighted by Crippen LogP contribution is -2.17. The monoisotopic (exact) mass is 300 g/mol. The Kier molecular flexibility index (Phi) is 6.09. The van der Waals surface area contributed by atoms with Crippen LogP contribution in [0.1, 0.15) is 17.5 Å². The Balaban J connectivity index is 1.81. The Labute approximate surface area is 132 Å². The molecular formula is C16H24N6. The second kappa shape index (κ2) is 8.29. The molecule has 0 bridgehead atoms. The quantitative estimate of drug-likeness (QED) is 0.728. The predicted octanol–water partition coefficient (Wildman–Crippen LogP) is 2.16. The molecule has 22 heavy (non-hydrogen) atoms. The summed E-state index contributed by atoms with van der Waals surface area (Å²) in [7, 11) is 4.14. The van der Waals surface area contributed by atoms with Crippen LogP contribution >= 0.6 is 0 Å². The van der Waals surface area contributed by atoms with E-state index in [0.29, 0.717) is 12.5 Å². The van der Waals surface area contributed by atoms with Gasteiger partial charge in [-0.2, -0.15) is 10.1 Å². The van der Waals surface area contributed by atoms with Crippen molar-refractivity contribution >= 4 is 11.8 Å². The Morgan fingerprint density at radius 1 is 1.09 bits per heavy atom. The summed E-state index contributed by atoms with van der Waals surface area (Å²) in [6, 6.07) is 8.38. The number of nitrogens with one attached hydrogen (secondary N) is 2. The van der Waals surface area contributed by atoms with Gasteiger partial charge in [-0.3, -0.25) is 0 Å². The van der Waals surface area contributed by atoms with Crippen molar-refractivity contribution in [3.63, 3.8) is 0 Å². The molecule has 6 heteroatoms. The molecule has 0 aliphatic rings. The van der Waals surface area contributed by atoms with Gasteiger partial charge in [0.15, 0.2) is 5.82 Å². The molecule has 1 aromatic carbocycles. The van der Waals surface area contributed by atoms with Crippen molar-refractivity contribution in [2.45, 2.75) is 19.9 Å². The molecule has 2 N–H and O–H groups in total. The Hall–Kier alpha value is -2.21. The van der Waals surface area contributed by atoms with E-state index in [1.54, 1.807) is 6.20 Å². The minimum Gasteiger partial charge on any atom is -0.369 e. The molecule has 118 valence electrons. The van der Waals surface area contributed by atoms with E-state index in [-0.39, 0.29) is 0 Å². The first-order chi connectivity index (χ1) is 10.6. The number of aryl methyl sites for hydroxylation is 1. The van der Waals surface area contributed by atoms with Gasteiger partial charge < -0.3 is 15.5 Å². The minimum absolute atomic E-state index is 0.540. The van der Waals surface area contributed by atoms with Crippen molar-refractivity contribution in [1.29, 1.82) is 0 Å². The molecular weight excluding hydrogens is 276 g/mol. The second-order valence-corrected chi connectivity index (χ2v) is 5.59. The highest BCUT2D eigenvalue weighted by Crippen LogP contribution is 2.07. The summed E-state index contributed by atoms with van der Waals surface area (Å²) in [5, 5.41) is 14.4. The largest absolute Gasteiger partial charge is 0.369 e. The summed E-state index contributed by atoms with van der Waals surface area (Å²) in [4.78, 5) is 6.57. The average Bonchev–Trinajstić information content (AvgIpc) is 2.51. The molecule has 2 aromatic rings. The van der Waals surface area contributed by atoms with E-state index in [2.05, 4.69) is 76.0 Å². The van der Waals surface area contributed by atoms with Gasteiger partial charge in [0.2, 0.25) is 5.95 Å². The number of anilines is 2. The van der Waals surface area contributed by atoms with Crippen LogP contribution in [-0.4, -0.2) is 47.3 Å². The maximum absolute atomic E-state index is 4.41. The lowest BCUT2D eigenvalue weighted by atomic mass is 10.1. The highest BCUT2D eigenvalue weighted by atomic mass is 15.3. The number of hydrogen-bond donors (Lipinski definition) is 2. The van der Waals surface area contributed by atoms with Crippen LogP contribution in [0.15, 0.2) is 30.5 Å². The average molecular weight is 300 g/mol. The van der Waals surface area contributed by atoms with Gasteiger partial charge in [0, 0.05) is 13.1 Å². The highest BCUT2D eigenvalue weighted by Gasteiger charge is 2.01. The molecule has 0 radical (unpaired) electrons. The van der Waals surface area contributed by atoms with Crippen molar-refractivity contribution < 1.29 is 0 Å². The van der Waals surface area contributed by atoms with Crippen molar-refractivity contribution in [3.05, 3.63) is 41.6 Å². The standard InChI is InChI=1S/C16H24N6/c1-13-5-7-14(8-6-13)11-18-16-20-15(12-19-21-16)17-9-4-10-22(2)3/h5-8,12H,4,9-11H2,1-3H3,(H2,17,18,20,21). The van der Waals surface area contributed by atoms with Crippen LogP contribution in [0.5, 0.6) is 0 Å². The van der Waals surface area contributed by atoms with E-state index in [4.69, 9.17) is 0 Å². The van der Waals surface area contributed by atoms with Gasteiger partial charge in [-0.1, -0.05) is 29.8 Å². The molecule has 1 aromatic heterocycles. The number of rotatable bonds is 8. The van der Waals surface area contributed by atoms with Crippen LogP contribution in [0.3, 0.4) is 0 Å². The van der Waals surface area contributed by atoms with Crippen LogP contribution in [0.4, 0.5) is 11.8 Å².